The molecule has 1 amide bonds. The van der Waals surface area contributed by atoms with Crippen LogP contribution in [0.1, 0.15) is 34.8 Å². The van der Waals surface area contributed by atoms with Crippen LogP contribution in [0.4, 0.5) is 0 Å². The lowest BCUT2D eigenvalue weighted by Crippen LogP contribution is -2.16. The summed E-state index contributed by atoms with van der Waals surface area (Å²) in [5.41, 5.74) is 4.09. The van der Waals surface area contributed by atoms with E-state index in [9.17, 15) is 4.79 Å². The van der Waals surface area contributed by atoms with E-state index in [1.165, 1.54) is 5.56 Å². The predicted octanol–water partition coefficient (Wildman–Crippen LogP) is 4.47. The third-order valence-corrected chi connectivity index (χ3v) is 5.05. The fraction of sp³-hybridized carbons (Fsp3) is 0.263. The molecule has 0 fully saturated rings. The fourth-order valence-corrected chi connectivity index (χ4v) is 3.63. The molecular weight excluding hydrogens is 304 g/mol. The summed E-state index contributed by atoms with van der Waals surface area (Å²) in [6.45, 7) is 7.06. The highest BCUT2D eigenvalue weighted by molar-refractivity contribution is 7.16. The second-order valence-electron chi connectivity index (χ2n) is 5.72. The van der Waals surface area contributed by atoms with Gasteiger partial charge in [-0.2, -0.15) is 4.99 Å². The Balaban J connectivity index is 2.10. The highest BCUT2D eigenvalue weighted by Crippen LogP contribution is 2.17. The van der Waals surface area contributed by atoms with Gasteiger partial charge in [-0.3, -0.25) is 4.79 Å². The zero-order chi connectivity index (χ0) is 16.4. The minimum Gasteiger partial charge on any atom is -0.316 e. The summed E-state index contributed by atoms with van der Waals surface area (Å²) in [6, 6.07) is 13.9. The second kappa shape index (κ2) is 6.50. The van der Waals surface area contributed by atoms with Crippen molar-refractivity contribution in [1.29, 1.82) is 0 Å². The molecule has 0 saturated carbocycles. The summed E-state index contributed by atoms with van der Waals surface area (Å²) < 4.78 is 3.30. The van der Waals surface area contributed by atoms with Gasteiger partial charge in [0, 0.05) is 12.1 Å². The zero-order valence-electron chi connectivity index (χ0n) is 13.7. The molecule has 0 N–H and O–H groups in total. The molecule has 0 aliphatic rings. The first-order valence-electron chi connectivity index (χ1n) is 7.85. The molecule has 118 valence electrons. The first kappa shape index (κ1) is 15.7. The highest BCUT2D eigenvalue weighted by atomic mass is 32.1. The molecule has 1 heterocycles. The van der Waals surface area contributed by atoms with Crippen LogP contribution in [0.25, 0.3) is 10.2 Å². The Morgan fingerprint density at radius 2 is 1.91 bits per heavy atom. The molecule has 0 spiro atoms. The van der Waals surface area contributed by atoms with Crippen LogP contribution < -0.4 is 4.80 Å². The van der Waals surface area contributed by atoms with Gasteiger partial charge in [0.15, 0.2) is 4.80 Å². The second-order valence-corrected chi connectivity index (χ2v) is 6.73. The number of hydrogen-bond donors (Lipinski definition) is 0. The van der Waals surface area contributed by atoms with Crippen molar-refractivity contribution < 1.29 is 4.79 Å². The number of benzene rings is 2. The van der Waals surface area contributed by atoms with E-state index in [-0.39, 0.29) is 5.91 Å². The van der Waals surface area contributed by atoms with Crippen LogP contribution in [0.15, 0.2) is 47.5 Å². The van der Waals surface area contributed by atoms with Crippen LogP contribution in [0, 0.1) is 13.8 Å². The van der Waals surface area contributed by atoms with Crippen LogP contribution in [0.3, 0.4) is 0 Å². The maximum atomic E-state index is 12.5. The van der Waals surface area contributed by atoms with Crippen LogP contribution in [0.5, 0.6) is 0 Å². The van der Waals surface area contributed by atoms with E-state index in [1.807, 2.05) is 44.2 Å². The van der Waals surface area contributed by atoms with E-state index in [4.69, 9.17) is 0 Å². The Labute approximate surface area is 139 Å². The van der Waals surface area contributed by atoms with Gasteiger partial charge in [-0.1, -0.05) is 36.5 Å². The van der Waals surface area contributed by atoms with Gasteiger partial charge >= 0.3 is 0 Å². The number of hydrogen-bond acceptors (Lipinski definition) is 2. The normalized spacial score (nSPS) is 12.0. The molecular formula is C19H20N2OS. The van der Waals surface area contributed by atoms with Crippen LogP contribution in [-0.4, -0.2) is 10.5 Å². The summed E-state index contributed by atoms with van der Waals surface area (Å²) >= 11 is 1.57. The number of para-hydroxylation sites is 1. The van der Waals surface area contributed by atoms with E-state index < -0.39 is 0 Å². The minimum atomic E-state index is -0.176. The number of fused-ring (bicyclic) bond motifs is 1. The molecule has 2 aromatic carbocycles. The van der Waals surface area contributed by atoms with Gasteiger partial charge in [0.2, 0.25) is 0 Å². The average Bonchev–Trinajstić information content (AvgIpc) is 2.88. The third-order valence-electron chi connectivity index (χ3n) is 3.99. The van der Waals surface area contributed by atoms with Crippen molar-refractivity contribution in [1.82, 2.24) is 4.57 Å². The van der Waals surface area contributed by atoms with E-state index in [2.05, 4.69) is 28.6 Å². The van der Waals surface area contributed by atoms with Gasteiger partial charge in [-0.15, -0.1) is 0 Å². The molecule has 4 heteroatoms. The van der Waals surface area contributed by atoms with Crippen molar-refractivity contribution in [2.24, 2.45) is 4.99 Å². The molecule has 0 aliphatic heterocycles. The highest BCUT2D eigenvalue weighted by Gasteiger charge is 2.09. The van der Waals surface area contributed by atoms with E-state index in [1.54, 1.807) is 11.3 Å². The summed E-state index contributed by atoms with van der Waals surface area (Å²) in [5, 5.41) is 0. The number of aromatic nitrogens is 1. The predicted molar refractivity (Wildman–Crippen MR) is 95.9 cm³/mol. The molecule has 23 heavy (non-hydrogen) atoms. The number of nitrogens with zero attached hydrogens (tertiary/aromatic N) is 2. The number of carbonyl (C=O) groups is 1. The monoisotopic (exact) mass is 324 g/mol. The van der Waals surface area contributed by atoms with Crippen LogP contribution in [-0.2, 0) is 6.54 Å². The smallest absolute Gasteiger partial charge is 0.279 e. The molecule has 0 aliphatic carbocycles. The summed E-state index contributed by atoms with van der Waals surface area (Å²) in [7, 11) is 0. The maximum absolute atomic E-state index is 12.5. The average molecular weight is 324 g/mol. The van der Waals surface area contributed by atoms with Gasteiger partial charge in [0.05, 0.1) is 10.2 Å². The molecule has 3 aromatic rings. The molecule has 0 bridgehead atoms. The van der Waals surface area contributed by atoms with Crippen LogP contribution >= 0.6 is 11.3 Å². The molecule has 0 unspecified atom stereocenters. The van der Waals surface area contributed by atoms with Crippen LogP contribution in [0.2, 0.25) is 0 Å². The van der Waals surface area contributed by atoms with Crippen molar-refractivity contribution >= 4 is 27.5 Å². The fourth-order valence-electron chi connectivity index (χ4n) is 2.57. The number of amides is 1. The van der Waals surface area contributed by atoms with Crippen molar-refractivity contribution in [3.05, 3.63) is 64.0 Å². The molecule has 1 aromatic heterocycles. The largest absolute Gasteiger partial charge is 0.316 e. The SMILES string of the molecule is CCCn1c(=NC(=O)c2ccc(C)c(C)c2)sc2ccccc21. The molecule has 3 rings (SSSR count). The first-order valence-corrected chi connectivity index (χ1v) is 8.66. The lowest BCUT2D eigenvalue weighted by atomic mass is 10.1. The van der Waals surface area contributed by atoms with Crippen molar-refractivity contribution in [3.63, 3.8) is 0 Å². The summed E-state index contributed by atoms with van der Waals surface area (Å²) in [6.07, 6.45) is 1.01. The molecule has 0 atom stereocenters. The summed E-state index contributed by atoms with van der Waals surface area (Å²) in [4.78, 5) is 17.7. The Hall–Kier alpha value is -2.20. The lowest BCUT2D eigenvalue weighted by molar-refractivity contribution is 0.0997. The van der Waals surface area contributed by atoms with Gasteiger partial charge in [-0.05, 0) is 55.7 Å². The molecule has 3 nitrogen and oxygen atoms in total. The van der Waals surface area contributed by atoms with E-state index >= 15 is 0 Å². The topological polar surface area (TPSA) is 34.4 Å². The van der Waals surface area contributed by atoms with E-state index in [0.717, 1.165) is 33.5 Å². The van der Waals surface area contributed by atoms with Gasteiger partial charge in [0.25, 0.3) is 5.91 Å². The Kier molecular flexibility index (Phi) is 4.44. The Bertz CT molecular complexity index is 934. The van der Waals surface area contributed by atoms with Crippen molar-refractivity contribution in [2.45, 2.75) is 33.7 Å². The lowest BCUT2D eigenvalue weighted by Gasteiger charge is -2.03. The number of carbonyl (C=O) groups excluding carboxylic acids is 1. The Morgan fingerprint density at radius 1 is 1.13 bits per heavy atom. The van der Waals surface area contributed by atoms with Crippen molar-refractivity contribution in [2.75, 3.05) is 0 Å². The number of thiazole rings is 1. The number of rotatable bonds is 3. The third kappa shape index (κ3) is 3.13. The van der Waals surface area contributed by atoms with E-state index in [0.29, 0.717) is 5.56 Å². The minimum absolute atomic E-state index is 0.176. The van der Waals surface area contributed by atoms with Gasteiger partial charge in [-0.25, -0.2) is 0 Å². The standard InChI is InChI=1S/C19H20N2OS/c1-4-11-21-16-7-5-6-8-17(16)23-19(21)20-18(22)15-10-9-13(2)14(3)12-15/h5-10,12H,4,11H2,1-3H3. The zero-order valence-corrected chi connectivity index (χ0v) is 14.5. The number of aryl methyl sites for hydroxylation is 3. The molecule has 0 saturated heterocycles. The summed E-state index contributed by atoms with van der Waals surface area (Å²) in [5.74, 6) is -0.176. The first-order chi connectivity index (χ1) is 11.1. The molecule has 0 radical (unpaired) electrons. The quantitative estimate of drug-likeness (QED) is 0.700. The Morgan fingerprint density at radius 3 is 2.65 bits per heavy atom. The van der Waals surface area contributed by atoms with Gasteiger partial charge < -0.3 is 4.57 Å². The van der Waals surface area contributed by atoms with Crippen molar-refractivity contribution in [3.8, 4) is 0 Å². The maximum Gasteiger partial charge on any atom is 0.279 e. The van der Waals surface area contributed by atoms with Gasteiger partial charge in [0.1, 0.15) is 0 Å².